The van der Waals surface area contributed by atoms with Gasteiger partial charge in [0.25, 0.3) is 10.0 Å². The maximum atomic E-state index is 12.8. The van der Waals surface area contributed by atoms with E-state index in [4.69, 9.17) is 19.5 Å². The lowest BCUT2D eigenvalue weighted by Crippen LogP contribution is -2.14. The van der Waals surface area contributed by atoms with Crippen LogP contribution in [0.1, 0.15) is 5.56 Å². The highest BCUT2D eigenvalue weighted by atomic mass is 32.2. The number of ether oxygens (including phenoxy) is 3. The van der Waals surface area contributed by atoms with Crippen LogP contribution in [0.25, 0.3) is 6.08 Å². The Kier molecular flexibility index (Phi) is 8.32. The van der Waals surface area contributed by atoms with Crippen LogP contribution >= 0.6 is 0 Å². The Morgan fingerprint density at radius 1 is 0.971 bits per heavy atom. The molecule has 0 aliphatic heterocycles. The molecular weight excluding hydrogens is 470 g/mol. The third kappa shape index (κ3) is 6.75. The summed E-state index contributed by atoms with van der Waals surface area (Å²) in [6.45, 7) is -0.114. The smallest absolute Gasteiger partial charge is 0.262 e. The molecule has 0 radical (unpaired) electrons. The molecule has 0 fully saturated rings. The Labute approximate surface area is 203 Å². The van der Waals surface area contributed by atoms with Gasteiger partial charge in [-0.15, -0.1) is 0 Å². The fourth-order valence-electron chi connectivity index (χ4n) is 3.05. The number of hydrogen-bond donors (Lipinski definition) is 2. The van der Waals surface area contributed by atoms with Crippen LogP contribution in [-0.2, 0) is 14.8 Å². The molecule has 2 N–H and O–H groups in total. The van der Waals surface area contributed by atoms with Crippen LogP contribution in [0.15, 0.2) is 77.7 Å². The molecule has 0 heterocycles. The van der Waals surface area contributed by atoms with Gasteiger partial charge in [0.05, 0.1) is 24.8 Å². The molecule has 180 valence electrons. The molecule has 1 amide bonds. The molecule has 0 unspecified atom stereocenters. The van der Waals surface area contributed by atoms with Gasteiger partial charge < -0.3 is 19.5 Å². The van der Waals surface area contributed by atoms with Gasteiger partial charge in [-0.25, -0.2) is 8.42 Å². The Hall–Kier alpha value is -4.49. The van der Waals surface area contributed by atoms with Crippen LogP contribution in [0.4, 0.5) is 11.4 Å². The standard InChI is InChI=1S/C25H23N3O6S/c1-32-22-9-4-3-8-21(22)28-35(30,31)20-7-5-6-19(17-20)27-25(29)13-11-18-10-12-23(34-15-14-26)24(16-18)33-2/h3-13,16-17,28H,15H2,1-2H3,(H,27,29)/b13-11+. The lowest BCUT2D eigenvalue weighted by atomic mass is 10.2. The highest BCUT2D eigenvalue weighted by Gasteiger charge is 2.17. The van der Waals surface area contributed by atoms with Crippen LogP contribution < -0.4 is 24.2 Å². The molecule has 3 aromatic rings. The minimum Gasteiger partial charge on any atom is -0.495 e. The van der Waals surface area contributed by atoms with E-state index in [1.54, 1.807) is 54.6 Å². The van der Waals surface area contributed by atoms with E-state index in [-0.39, 0.29) is 11.5 Å². The van der Waals surface area contributed by atoms with Gasteiger partial charge in [-0.1, -0.05) is 24.3 Å². The van der Waals surface area contributed by atoms with Crippen molar-refractivity contribution in [2.24, 2.45) is 0 Å². The molecule has 9 nitrogen and oxygen atoms in total. The van der Waals surface area contributed by atoms with Crippen molar-refractivity contribution in [1.82, 2.24) is 0 Å². The number of sulfonamides is 1. The first kappa shape index (κ1) is 25.1. The number of nitrogens with one attached hydrogen (secondary N) is 2. The second-order valence-corrected chi connectivity index (χ2v) is 8.70. The summed E-state index contributed by atoms with van der Waals surface area (Å²) >= 11 is 0. The number of anilines is 2. The zero-order valence-electron chi connectivity index (χ0n) is 19.0. The number of methoxy groups -OCH3 is 2. The number of nitrogens with zero attached hydrogens (tertiary/aromatic N) is 1. The van der Waals surface area contributed by atoms with Crippen LogP contribution in [0, 0.1) is 11.3 Å². The van der Waals surface area contributed by atoms with Crippen molar-refractivity contribution in [2.45, 2.75) is 4.90 Å². The van der Waals surface area contributed by atoms with E-state index >= 15 is 0 Å². The molecule has 10 heteroatoms. The summed E-state index contributed by atoms with van der Waals surface area (Å²) in [4.78, 5) is 12.4. The van der Waals surface area contributed by atoms with Crippen LogP contribution in [-0.4, -0.2) is 35.2 Å². The van der Waals surface area contributed by atoms with Crippen molar-refractivity contribution >= 4 is 33.4 Å². The Bertz CT molecular complexity index is 1380. The Morgan fingerprint density at radius 3 is 2.49 bits per heavy atom. The van der Waals surface area contributed by atoms with Crippen molar-refractivity contribution in [3.8, 4) is 23.3 Å². The predicted molar refractivity (Wildman–Crippen MR) is 132 cm³/mol. The second kappa shape index (κ2) is 11.6. The number of benzene rings is 3. The number of rotatable bonds is 10. The van der Waals surface area contributed by atoms with E-state index in [1.807, 2.05) is 6.07 Å². The fourth-order valence-corrected chi connectivity index (χ4v) is 4.16. The molecule has 0 spiro atoms. The highest BCUT2D eigenvalue weighted by molar-refractivity contribution is 7.92. The van der Waals surface area contributed by atoms with E-state index in [9.17, 15) is 13.2 Å². The average Bonchev–Trinajstić information content (AvgIpc) is 2.86. The van der Waals surface area contributed by atoms with E-state index in [0.29, 0.717) is 34.2 Å². The van der Waals surface area contributed by atoms with Crippen molar-refractivity contribution in [3.05, 3.63) is 78.4 Å². The van der Waals surface area contributed by atoms with Gasteiger partial charge >= 0.3 is 0 Å². The zero-order chi connectivity index (χ0) is 25.3. The lowest BCUT2D eigenvalue weighted by Gasteiger charge is -2.12. The molecule has 0 saturated carbocycles. The van der Waals surface area contributed by atoms with Crippen LogP contribution in [0.2, 0.25) is 0 Å². The predicted octanol–water partition coefficient (Wildman–Crippen LogP) is 4.06. The molecule has 0 bridgehead atoms. The normalized spacial score (nSPS) is 10.9. The molecule has 3 rings (SSSR count). The monoisotopic (exact) mass is 493 g/mol. The summed E-state index contributed by atoms with van der Waals surface area (Å²) in [5, 5.41) is 11.3. The van der Waals surface area contributed by atoms with Gasteiger partial charge in [-0.2, -0.15) is 5.26 Å². The van der Waals surface area contributed by atoms with Crippen molar-refractivity contribution in [2.75, 3.05) is 30.9 Å². The summed E-state index contributed by atoms with van der Waals surface area (Å²) in [5.41, 5.74) is 1.27. The molecule has 0 saturated heterocycles. The van der Waals surface area contributed by atoms with Gasteiger partial charge in [-0.05, 0) is 54.1 Å². The maximum Gasteiger partial charge on any atom is 0.262 e. The maximum absolute atomic E-state index is 12.8. The third-order valence-corrected chi connectivity index (χ3v) is 6.03. The first-order valence-electron chi connectivity index (χ1n) is 10.3. The minimum absolute atomic E-state index is 0.0251. The lowest BCUT2D eigenvalue weighted by molar-refractivity contribution is -0.111. The van der Waals surface area contributed by atoms with Gasteiger partial charge in [0.15, 0.2) is 18.1 Å². The number of nitriles is 1. The summed E-state index contributed by atoms with van der Waals surface area (Å²) in [6.07, 6.45) is 2.87. The second-order valence-electron chi connectivity index (χ2n) is 7.01. The first-order valence-corrected chi connectivity index (χ1v) is 11.8. The van der Waals surface area contributed by atoms with E-state index in [2.05, 4.69) is 10.0 Å². The van der Waals surface area contributed by atoms with Gasteiger partial charge in [-0.3, -0.25) is 9.52 Å². The SMILES string of the molecule is COc1ccccc1NS(=O)(=O)c1cccc(NC(=O)/C=C/c2ccc(OCC#N)c(OC)c2)c1. The molecule has 0 aromatic heterocycles. The van der Waals surface area contributed by atoms with Gasteiger partial charge in [0, 0.05) is 11.8 Å². The van der Waals surface area contributed by atoms with Crippen molar-refractivity contribution < 1.29 is 27.4 Å². The quantitative estimate of drug-likeness (QED) is 0.408. The largest absolute Gasteiger partial charge is 0.495 e. The van der Waals surface area contributed by atoms with E-state index in [0.717, 1.165) is 0 Å². The van der Waals surface area contributed by atoms with E-state index in [1.165, 1.54) is 38.5 Å². The molecule has 35 heavy (non-hydrogen) atoms. The summed E-state index contributed by atoms with van der Waals surface area (Å²) in [5.74, 6) is 0.756. The van der Waals surface area contributed by atoms with Crippen molar-refractivity contribution in [3.63, 3.8) is 0 Å². The molecule has 0 aliphatic carbocycles. The van der Waals surface area contributed by atoms with Crippen LogP contribution in [0.5, 0.6) is 17.2 Å². The molecule has 0 atom stereocenters. The molecular formula is C25H23N3O6S. The van der Waals surface area contributed by atoms with Gasteiger partial charge in [0.2, 0.25) is 5.91 Å². The minimum atomic E-state index is -3.92. The molecule has 0 aliphatic rings. The third-order valence-electron chi connectivity index (χ3n) is 4.67. The number of carbonyl (C=O) groups is 1. The number of carbonyl (C=O) groups excluding carboxylic acids is 1. The number of para-hydroxylation sites is 2. The number of hydrogen-bond acceptors (Lipinski definition) is 7. The van der Waals surface area contributed by atoms with Crippen LogP contribution in [0.3, 0.4) is 0 Å². The fraction of sp³-hybridized carbons (Fsp3) is 0.120. The average molecular weight is 494 g/mol. The summed E-state index contributed by atoms with van der Waals surface area (Å²) < 4.78 is 43.9. The van der Waals surface area contributed by atoms with Gasteiger partial charge in [0.1, 0.15) is 11.8 Å². The Balaban J connectivity index is 1.71. The van der Waals surface area contributed by atoms with E-state index < -0.39 is 15.9 Å². The molecule has 3 aromatic carbocycles. The number of amides is 1. The first-order chi connectivity index (χ1) is 16.9. The zero-order valence-corrected chi connectivity index (χ0v) is 19.8. The van der Waals surface area contributed by atoms with Crippen molar-refractivity contribution in [1.29, 1.82) is 5.26 Å². The topological polar surface area (TPSA) is 127 Å². The summed E-state index contributed by atoms with van der Waals surface area (Å²) in [7, 11) is -1.00. The highest BCUT2D eigenvalue weighted by Crippen LogP contribution is 2.29. The Morgan fingerprint density at radius 2 is 1.74 bits per heavy atom. The summed E-state index contributed by atoms with van der Waals surface area (Å²) in [6, 6.07) is 19.4.